The minimum absolute atomic E-state index is 0.276. The highest BCUT2D eigenvalue weighted by Crippen LogP contribution is 2.18. The van der Waals surface area contributed by atoms with Gasteiger partial charge in [-0.05, 0) is 37.1 Å². The number of fused-ring (bicyclic) bond motifs is 1. The fourth-order valence-corrected chi connectivity index (χ4v) is 2.75. The lowest BCUT2D eigenvalue weighted by atomic mass is 10.4. The standard InChI is InChI=1S/C16H16N6O/c23-16(19-13-5-1-2-8-17-13)12-11-18-14-6-7-15(20-22(12)14)21-9-3-4-10-21/h1-2,5-8,11H,3-4,9-10H2,(H,17,19,23). The number of amides is 1. The van der Waals surface area contributed by atoms with Crippen LogP contribution in [0.25, 0.3) is 5.65 Å². The summed E-state index contributed by atoms with van der Waals surface area (Å²) in [7, 11) is 0. The molecule has 0 radical (unpaired) electrons. The molecular weight excluding hydrogens is 292 g/mol. The van der Waals surface area contributed by atoms with E-state index < -0.39 is 0 Å². The number of carbonyl (C=O) groups is 1. The molecule has 0 aromatic carbocycles. The Morgan fingerprint density at radius 2 is 1.96 bits per heavy atom. The summed E-state index contributed by atoms with van der Waals surface area (Å²) in [4.78, 5) is 23.0. The van der Waals surface area contributed by atoms with Crippen LogP contribution in [0.4, 0.5) is 11.6 Å². The van der Waals surface area contributed by atoms with Crippen molar-refractivity contribution in [3.8, 4) is 0 Å². The van der Waals surface area contributed by atoms with E-state index in [0.717, 1.165) is 18.9 Å². The molecule has 1 N–H and O–H groups in total. The lowest BCUT2D eigenvalue weighted by molar-refractivity contribution is 0.102. The number of rotatable bonds is 3. The highest BCUT2D eigenvalue weighted by atomic mass is 16.2. The zero-order chi connectivity index (χ0) is 15.6. The first-order valence-electron chi connectivity index (χ1n) is 7.63. The smallest absolute Gasteiger partial charge is 0.277 e. The van der Waals surface area contributed by atoms with Crippen LogP contribution in [0.5, 0.6) is 0 Å². The van der Waals surface area contributed by atoms with E-state index >= 15 is 0 Å². The van der Waals surface area contributed by atoms with Crippen LogP contribution in [-0.2, 0) is 0 Å². The number of nitrogens with zero attached hydrogens (tertiary/aromatic N) is 5. The van der Waals surface area contributed by atoms with E-state index in [1.807, 2.05) is 18.2 Å². The first kappa shape index (κ1) is 13.7. The zero-order valence-electron chi connectivity index (χ0n) is 12.5. The van der Waals surface area contributed by atoms with Gasteiger partial charge >= 0.3 is 0 Å². The molecule has 1 aliphatic rings. The second-order valence-corrected chi connectivity index (χ2v) is 5.47. The molecule has 7 nitrogen and oxygen atoms in total. The van der Waals surface area contributed by atoms with Gasteiger partial charge in [0.2, 0.25) is 0 Å². The largest absolute Gasteiger partial charge is 0.355 e. The van der Waals surface area contributed by atoms with Crippen LogP contribution in [0.1, 0.15) is 23.3 Å². The molecule has 23 heavy (non-hydrogen) atoms. The average Bonchev–Trinajstić information content (AvgIpc) is 3.25. The summed E-state index contributed by atoms with van der Waals surface area (Å²) >= 11 is 0. The van der Waals surface area contributed by atoms with Gasteiger partial charge in [0.15, 0.2) is 11.3 Å². The Bertz CT molecular complexity index is 838. The Morgan fingerprint density at radius 3 is 2.74 bits per heavy atom. The molecule has 0 unspecified atom stereocenters. The second kappa shape index (κ2) is 5.68. The second-order valence-electron chi connectivity index (χ2n) is 5.47. The Labute approximate surface area is 133 Å². The molecule has 1 amide bonds. The van der Waals surface area contributed by atoms with Gasteiger partial charge in [-0.3, -0.25) is 4.79 Å². The number of pyridine rings is 1. The number of aromatic nitrogens is 4. The summed E-state index contributed by atoms with van der Waals surface area (Å²) < 4.78 is 1.59. The zero-order valence-corrected chi connectivity index (χ0v) is 12.5. The molecule has 1 aliphatic heterocycles. The molecule has 1 saturated heterocycles. The third-order valence-electron chi connectivity index (χ3n) is 3.92. The van der Waals surface area contributed by atoms with Crippen molar-refractivity contribution < 1.29 is 4.79 Å². The van der Waals surface area contributed by atoms with Gasteiger partial charge in [0, 0.05) is 19.3 Å². The maximum atomic E-state index is 12.5. The quantitative estimate of drug-likeness (QED) is 0.800. The van der Waals surface area contributed by atoms with Gasteiger partial charge in [-0.15, -0.1) is 5.10 Å². The van der Waals surface area contributed by atoms with Crippen LogP contribution in [0, 0.1) is 0 Å². The Hall–Kier alpha value is -2.96. The molecule has 1 fully saturated rings. The van der Waals surface area contributed by atoms with E-state index in [0.29, 0.717) is 17.2 Å². The van der Waals surface area contributed by atoms with Gasteiger partial charge in [-0.2, -0.15) is 0 Å². The molecule has 3 aromatic rings. The molecule has 4 rings (SSSR count). The molecule has 3 aromatic heterocycles. The Morgan fingerprint density at radius 1 is 1.09 bits per heavy atom. The van der Waals surface area contributed by atoms with Crippen LogP contribution < -0.4 is 10.2 Å². The molecule has 0 bridgehead atoms. The van der Waals surface area contributed by atoms with E-state index in [1.54, 1.807) is 22.8 Å². The van der Waals surface area contributed by atoms with Crippen LogP contribution in [0.15, 0.2) is 42.7 Å². The number of imidazole rings is 1. The van der Waals surface area contributed by atoms with Crippen molar-refractivity contribution in [2.24, 2.45) is 0 Å². The Kier molecular flexibility index (Phi) is 3.38. The van der Waals surface area contributed by atoms with E-state index in [-0.39, 0.29) is 5.91 Å². The first-order chi connectivity index (χ1) is 11.3. The number of hydrogen-bond acceptors (Lipinski definition) is 5. The number of hydrogen-bond donors (Lipinski definition) is 1. The Balaban J connectivity index is 1.66. The summed E-state index contributed by atoms with van der Waals surface area (Å²) in [5.41, 5.74) is 1.05. The van der Waals surface area contributed by atoms with Gasteiger partial charge in [0.25, 0.3) is 5.91 Å². The predicted octanol–water partition coefficient (Wildman–Crippen LogP) is 1.98. The van der Waals surface area contributed by atoms with E-state index in [1.165, 1.54) is 19.0 Å². The number of anilines is 2. The summed E-state index contributed by atoms with van der Waals surface area (Å²) in [6, 6.07) is 9.20. The number of nitrogens with one attached hydrogen (secondary N) is 1. The molecule has 7 heteroatoms. The fourth-order valence-electron chi connectivity index (χ4n) is 2.75. The molecule has 0 atom stereocenters. The van der Waals surface area contributed by atoms with Crippen molar-refractivity contribution >= 4 is 23.2 Å². The third-order valence-corrected chi connectivity index (χ3v) is 3.92. The van der Waals surface area contributed by atoms with Crippen molar-refractivity contribution in [3.63, 3.8) is 0 Å². The van der Waals surface area contributed by atoms with Gasteiger partial charge < -0.3 is 10.2 Å². The van der Waals surface area contributed by atoms with E-state index in [4.69, 9.17) is 0 Å². The van der Waals surface area contributed by atoms with Crippen LogP contribution in [0.2, 0.25) is 0 Å². The first-order valence-corrected chi connectivity index (χ1v) is 7.63. The third kappa shape index (κ3) is 2.61. The average molecular weight is 308 g/mol. The monoisotopic (exact) mass is 308 g/mol. The maximum absolute atomic E-state index is 12.5. The SMILES string of the molecule is O=C(Nc1ccccn1)c1cnc2ccc(N3CCCC3)nn12. The van der Waals surface area contributed by atoms with Gasteiger partial charge in [0.05, 0.1) is 6.20 Å². The summed E-state index contributed by atoms with van der Waals surface area (Å²) in [6.07, 6.45) is 5.52. The predicted molar refractivity (Wildman–Crippen MR) is 86.6 cm³/mol. The van der Waals surface area contributed by atoms with Crippen LogP contribution in [0.3, 0.4) is 0 Å². The highest BCUT2D eigenvalue weighted by molar-refractivity contribution is 6.02. The highest BCUT2D eigenvalue weighted by Gasteiger charge is 2.17. The minimum Gasteiger partial charge on any atom is -0.355 e. The van der Waals surface area contributed by atoms with Crippen molar-refractivity contribution in [1.82, 2.24) is 19.6 Å². The van der Waals surface area contributed by atoms with Crippen molar-refractivity contribution in [1.29, 1.82) is 0 Å². The van der Waals surface area contributed by atoms with Gasteiger partial charge in [-0.1, -0.05) is 6.07 Å². The topological polar surface area (TPSA) is 75.4 Å². The molecular formula is C16H16N6O. The summed E-state index contributed by atoms with van der Waals surface area (Å²) in [5.74, 6) is 1.10. The van der Waals surface area contributed by atoms with Gasteiger partial charge in [0.1, 0.15) is 11.6 Å². The lowest BCUT2D eigenvalue weighted by Crippen LogP contribution is -2.21. The molecule has 4 heterocycles. The number of carbonyl (C=O) groups excluding carboxylic acids is 1. The lowest BCUT2D eigenvalue weighted by Gasteiger charge is -2.16. The van der Waals surface area contributed by atoms with Gasteiger partial charge in [-0.25, -0.2) is 14.5 Å². The molecule has 0 spiro atoms. The van der Waals surface area contributed by atoms with E-state index in [2.05, 4.69) is 25.3 Å². The minimum atomic E-state index is -0.276. The van der Waals surface area contributed by atoms with Crippen LogP contribution in [-0.4, -0.2) is 38.6 Å². The summed E-state index contributed by atoms with van der Waals surface area (Å²) in [5, 5.41) is 7.34. The maximum Gasteiger partial charge on any atom is 0.277 e. The summed E-state index contributed by atoms with van der Waals surface area (Å²) in [6.45, 7) is 2.01. The molecule has 116 valence electrons. The normalized spacial score (nSPS) is 14.3. The van der Waals surface area contributed by atoms with Crippen molar-refractivity contribution in [2.45, 2.75) is 12.8 Å². The fraction of sp³-hybridized carbons (Fsp3) is 0.250. The molecule has 0 aliphatic carbocycles. The van der Waals surface area contributed by atoms with Crippen molar-refractivity contribution in [3.05, 3.63) is 48.4 Å². The van der Waals surface area contributed by atoms with Crippen LogP contribution >= 0.6 is 0 Å². The van der Waals surface area contributed by atoms with Crippen molar-refractivity contribution in [2.75, 3.05) is 23.3 Å². The molecule has 0 saturated carbocycles. The van der Waals surface area contributed by atoms with E-state index in [9.17, 15) is 4.79 Å².